The summed E-state index contributed by atoms with van der Waals surface area (Å²) in [5, 5.41) is 17.6. The summed E-state index contributed by atoms with van der Waals surface area (Å²) < 4.78 is 1.23. The zero-order valence-corrected chi connectivity index (χ0v) is 11.8. The molecule has 110 valence electrons. The molecule has 0 aliphatic rings. The molecule has 1 aromatic carbocycles. The maximum Gasteiger partial charge on any atom is 0.307 e. The molecule has 0 unspecified atom stereocenters. The van der Waals surface area contributed by atoms with Crippen molar-refractivity contribution < 1.29 is 9.72 Å². The Bertz CT molecular complexity index is 639. The molecular formula is C13H13ClN4O3. The van der Waals surface area contributed by atoms with Crippen LogP contribution in [0.4, 0.5) is 5.69 Å². The van der Waals surface area contributed by atoms with Crippen molar-refractivity contribution in [1.82, 2.24) is 15.1 Å². The van der Waals surface area contributed by atoms with Crippen molar-refractivity contribution in [2.24, 2.45) is 0 Å². The standard InChI is InChI=1S/C13H13ClN4O3/c14-11-3-1-10(2-4-11)5-6-15-13(19)9-17-8-12(7-16-17)18(20)21/h1-4,7-8H,5-6,9H2,(H,15,19). The fourth-order valence-corrected chi connectivity index (χ4v) is 1.86. The topological polar surface area (TPSA) is 90.1 Å². The largest absolute Gasteiger partial charge is 0.354 e. The first-order valence-electron chi connectivity index (χ1n) is 6.22. The van der Waals surface area contributed by atoms with Gasteiger partial charge in [0.2, 0.25) is 5.91 Å². The average molecular weight is 309 g/mol. The predicted molar refractivity (Wildman–Crippen MR) is 77.0 cm³/mol. The van der Waals surface area contributed by atoms with E-state index in [4.69, 9.17) is 11.6 Å². The van der Waals surface area contributed by atoms with Crippen LogP contribution in [0.25, 0.3) is 0 Å². The Labute approximate surface area is 125 Å². The van der Waals surface area contributed by atoms with E-state index in [9.17, 15) is 14.9 Å². The van der Waals surface area contributed by atoms with E-state index in [1.165, 1.54) is 10.9 Å². The highest BCUT2D eigenvalue weighted by Gasteiger charge is 2.10. The minimum absolute atomic E-state index is 0.0472. The van der Waals surface area contributed by atoms with Crippen molar-refractivity contribution in [1.29, 1.82) is 0 Å². The Hall–Kier alpha value is -2.41. The van der Waals surface area contributed by atoms with Gasteiger partial charge >= 0.3 is 5.69 Å². The van der Waals surface area contributed by atoms with Gasteiger partial charge in [0.15, 0.2) is 0 Å². The van der Waals surface area contributed by atoms with Crippen LogP contribution in [0, 0.1) is 10.1 Å². The van der Waals surface area contributed by atoms with E-state index in [2.05, 4.69) is 10.4 Å². The number of hydrogen-bond acceptors (Lipinski definition) is 4. The van der Waals surface area contributed by atoms with Gasteiger partial charge in [-0.25, -0.2) is 0 Å². The molecule has 0 saturated carbocycles. The number of benzene rings is 1. The molecule has 0 aliphatic heterocycles. The third-order valence-corrected chi connectivity index (χ3v) is 3.04. The lowest BCUT2D eigenvalue weighted by molar-refractivity contribution is -0.385. The third-order valence-electron chi connectivity index (χ3n) is 2.79. The number of carbonyl (C=O) groups is 1. The molecule has 21 heavy (non-hydrogen) atoms. The number of carbonyl (C=O) groups excluding carboxylic acids is 1. The highest BCUT2D eigenvalue weighted by Crippen LogP contribution is 2.09. The molecule has 0 aliphatic carbocycles. The van der Waals surface area contributed by atoms with Crippen LogP contribution < -0.4 is 5.32 Å². The van der Waals surface area contributed by atoms with E-state index in [1.807, 2.05) is 12.1 Å². The van der Waals surface area contributed by atoms with Gasteiger partial charge in [-0.3, -0.25) is 19.6 Å². The summed E-state index contributed by atoms with van der Waals surface area (Å²) in [5.41, 5.74) is 0.929. The second-order valence-corrected chi connectivity index (χ2v) is 4.82. The van der Waals surface area contributed by atoms with Gasteiger partial charge in [-0.15, -0.1) is 0 Å². The number of amides is 1. The first kappa shape index (κ1) is 15.0. The highest BCUT2D eigenvalue weighted by molar-refractivity contribution is 6.30. The van der Waals surface area contributed by atoms with Crippen molar-refractivity contribution in [2.45, 2.75) is 13.0 Å². The van der Waals surface area contributed by atoms with Gasteiger partial charge in [-0.05, 0) is 24.1 Å². The van der Waals surface area contributed by atoms with Gasteiger partial charge in [-0.1, -0.05) is 23.7 Å². The Kier molecular flexibility index (Phi) is 4.89. The first-order chi connectivity index (χ1) is 10.0. The predicted octanol–water partition coefficient (Wildman–Crippen LogP) is 1.80. The van der Waals surface area contributed by atoms with Gasteiger partial charge in [0.05, 0.1) is 4.92 Å². The Balaban J connectivity index is 1.76. The molecular weight excluding hydrogens is 296 g/mol. The summed E-state index contributed by atoms with van der Waals surface area (Å²) in [6.45, 7) is 0.429. The van der Waals surface area contributed by atoms with E-state index in [-0.39, 0.29) is 18.1 Å². The zero-order chi connectivity index (χ0) is 15.2. The number of aromatic nitrogens is 2. The number of nitrogens with one attached hydrogen (secondary N) is 1. The van der Waals surface area contributed by atoms with Crippen LogP contribution in [0.5, 0.6) is 0 Å². The van der Waals surface area contributed by atoms with E-state index in [0.29, 0.717) is 18.0 Å². The summed E-state index contributed by atoms with van der Waals surface area (Å²) in [5.74, 6) is -0.248. The van der Waals surface area contributed by atoms with Crippen LogP contribution in [0.15, 0.2) is 36.7 Å². The van der Waals surface area contributed by atoms with Crippen molar-refractivity contribution in [2.75, 3.05) is 6.54 Å². The molecule has 1 N–H and O–H groups in total. The fourth-order valence-electron chi connectivity index (χ4n) is 1.73. The minimum atomic E-state index is -0.554. The molecule has 8 heteroatoms. The van der Waals surface area contributed by atoms with Crippen molar-refractivity contribution >= 4 is 23.2 Å². The first-order valence-corrected chi connectivity index (χ1v) is 6.60. The molecule has 1 aromatic heterocycles. The molecule has 7 nitrogen and oxygen atoms in total. The minimum Gasteiger partial charge on any atom is -0.354 e. The Morgan fingerprint density at radius 1 is 1.38 bits per heavy atom. The fraction of sp³-hybridized carbons (Fsp3) is 0.231. The van der Waals surface area contributed by atoms with Crippen LogP contribution in [0.3, 0.4) is 0 Å². The second kappa shape index (κ2) is 6.85. The molecule has 0 atom stereocenters. The number of hydrogen-bond donors (Lipinski definition) is 1. The monoisotopic (exact) mass is 308 g/mol. The average Bonchev–Trinajstić information content (AvgIpc) is 2.90. The van der Waals surface area contributed by atoms with Crippen molar-refractivity contribution in [3.8, 4) is 0 Å². The SMILES string of the molecule is O=C(Cn1cc([N+](=O)[O-])cn1)NCCc1ccc(Cl)cc1. The number of halogens is 1. The lowest BCUT2D eigenvalue weighted by Crippen LogP contribution is -2.29. The van der Waals surface area contributed by atoms with Crippen molar-refractivity contribution in [3.63, 3.8) is 0 Å². The molecule has 2 aromatic rings. The molecule has 0 spiro atoms. The maximum absolute atomic E-state index is 11.7. The molecule has 0 fully saturated rings. The molecule has 0 radical (unpaired) electrons. The summed E-state index contributed by atoms with van der Waals surface area (Å²) in [7, 11) is 0. The van der Waals surface area contributed by atoms with Gasteiger partial charge in [0, 0.05) is 11.6 Å². The summed E-state index contributed by atoms with van der Waals surface area (Å²) in [6.07, 6.45) is 3.02. The smallest absolute Gasteiger partial charge is 0.307 e. The van der Waals surface area contributed by atoms with E-state index < -0.39 is 4.92 Å². The van der Waals surface area contributed by atoms with E-state index in [0.717, 1.165) is 11.8 Å². The molecule has 1 heterocycles. The number of nitrogens with zero attached hydrogens (tertiary/aromatic N) is 3. The Morgan fingerprint density at radius 2 is 2.10 bits per heavy atom. The van der Waals surface area contributed by atoms with Crippen LogP contribution >= 0.6 is 11.6 Å². The van der Waals surface area contributed by atoms with Gasteiger partial charge in [0.25, 0.3) is 0 Å². The van der Waals surface area contributed by atoms with E-state index >= 15 is 0 Å². The third kappa shape index (κ3) is 4.57. The Morgan fingerprint density at radius 3 is 2.71 bits per heavy atom. The summed E-state index contributed by atoms with van der Waals surface area (Å²) >= 11 is 5.78. The quantitative estimate of drug-likeness (QED) is 0.651. The van der Waals surface area contributed by atoms with Crippen LogP contribution in [0.1, 0.15) is 5.56 Å². The lowest BCUT2D eigenvalue weighted by atomic mass is 10.1. The normalized spacial score (nSPS) is 10.3. The number of nitro groups is 1. The van der Waals surface area contributed by atoms with Gasteiger partial charge in [0.1, 0.15) is 18.9 Å². The highest BCUT2D eigenvalue weighted by atomic mass is 35.5. The lowest BCUT2D eigenvalue weighted by Gasteiger charge is -2.05. The van der Waals surface area contributed by atoms with Crippen LogP contribution in [-0.4, -0.2) is 27.2 Å². The van der Waals surface area contributed by atoms with Gasteiger partial charge in [-0.2, -0.15) is 5.10 Å². The van der Waals surface area contributed by atoms with Crippen LogP contribution in [0.2, 0.25) is 5.02 Å². The molecule has 1 amide bonds. The zero-order valence-electron chi connectivity index (χ0n) is 11.0. The maximum atomic E-state index is 11.7. The van der Waals surface area contributed by atoms with E-state index in [1.54, 1.807) is 12.1 Å². The van der Waals surface area contributed by atoms with Gasteiger partial charge < -0.3 is 5.32 Å². The number of rotatable bonds is 6. The second-order valence-electron chi connectivity index (χ2n) is 4.38. The molecule has 0 bridgehead atoms. The van der Waals surface area contributed by atoms with Crippen molar-refractivity contribution in [3.05, 3.63) is 57.4 Å². The molecule has 0 saturated heterocycles. The summed E-state index contributed by atoms with van der Waals surface area (Å²) in [6, 6.07) is 7.37. The molecule has 2 rings (SSSR count). The summed E-state index contributed by atoms with van der Waals surface area (Å²) in [4.78, 5) is 21.6. The van der Waals surface area contributed by atoms with Crippen LogP contribution in [-0.2, 0) is 17.8 Å².